The van der Waals surface area contributed by atoms with E-state index in [-0.39, 0.29) is 35.0 Å². The Morgan fingerprint density at radius 1 is 1.00 bits per heavy atom. The van der Waals surface area contributed by atoms with E-state index in [4.69, 9.17) is 16.3 Å². The number of carboxylic acids is 1. The Bertz CT molecular complexity index is 1790. The topological polar surface area (TPSA) is 159 Å². The lowest BCUT2D eigenvalue weighted by Crippen LogP contribution is -2.71. The van der Waals surface area contributed by atoms with Crippen molar-refractivity contribution >= 4 is 64.9 Å². The quantitative estimate of drug-likeness (QED) is 0.118. The molecule has 2 aliphatic rings. The standard InChI is InChI=1S/C34H28ClN3O8S/c1-19(39)46-17-24-18-47-33-28(32(43)38(33)29(24)34(44)45)37-31(42)27(22-5-3-2-4-6-22)36-30(41)23-12-10-21(11-13-23)26(40)16-9-20-7-14-25(35)15-8-20/h2-16,27-28,33H,17-18H2,1H3,(H,36,41)(H,37,42)(H,44,45)/t27?,28-,33-/m1/s1. The zero-order valence-corrected chi connectivity index (χ0v) is 26.4. The first-order chi connectivity index (χ1) is 22.5. The number of fused-ring (bicyclic) bond motifs is 1. The first kappa shape index (κ1) is 33.2. The monoisotopic (exact) mass is 673 g/mol. The van der Waals surface area contributed by atoms with Gasteiger partial charge in [0.2, 0.25) is 5.91 Å². The zero-order chi connectivity index (χ0) is 33.7. The number of thioether (sulfide) groups is 1. The summed E-state index contributed by atoms with van der Waals surface area (Å²) in [6.07, 6.45) is 3.07. The van der Waals surface area contributed by atoms with Crippen molar-refractivity contribution in [3.05, 3.63) is 123 Å². The normalized spacial score (nSPS) is 17.7. The van der Waals surface area contributed by atoms with Gasteiger partial charge in [-0.05, 0) is 41.5 Å². The van der Waals surface area contributed by atoms with Gasteiger partial charge in [-0.25, -0.2) is 4.79 Å². The molecule has 1 unspecified atom stereocenters. The molecule has 0 radical (unpaired) electrons. The van der Waals surface area contributed by atoms with Gasteiger partial charge in [0, 0.05) is 34.4 Å². The van der Waals surface area contributed by atoms with Gasteiger partial charge in [-0.3, -0.25) is 28.9 Å². The van der Waals surface area contributed by atoms with Crippen LogP contribution in [0.25, 0.3) is 6.08 Å². The summed E-state index contributed by atoms with van der Waals surface area (Å²) in [5.74, 6) is -3.95. The van der Waals surface area contributed by atoms with Crippen molar-refractivity contribution in [3.8, 4) is 0 Å². The third-order valence-corrected chi connectivity index (χ3v) is 8.99. The fraction of sp³-hybridized carbons (Fsp3) is 0.176. The highest BCUT2D eigenvalue weighted by Crippen LogP contribution is 2.40. The second-order valence-corrected chi connectivity index (χ2v) is 12.1. The van der Waals surface area contributed by atoms with Crippen LogP contribution >= 0.6 is 23.4 Å². The number of aliphatic carboxylic acids is 1. The highest BCUT2D eigenvalue weighted by molar-refractivity contribution is 8.00. The molecule has 1 fully saturated rings. The molecule has 3 amide bonds. The third-order valence-electron chi connectivity index (χ3n) is 7.40. The van der Waals surface area contributed by atoms with Crippen LogP contribution in [0.3, 0.4) is 0 Å². The summed E-state index contributed by atoms with van der Waals surface area (Å²) in [5, 5.41) is 15.1. The van der Waals surface area contributed by atoms with E-state index in [0.29, 0.717) is 16.1 Å². The average Bonchev–Trinajstić information content (AvgIpc) is 3.07. The number of amides is 3. The number of esters is 1. The molecule has 5 rings (SSSR count). The van der Waals surface area contributed by atoms with E-state index in [1.807, 2.05) is 0 Å². The van der Waals surface area contributed by atoms with Gasteiger partial charge in [0.1, 0.15) is 29.8 Å². The van der Waals surface area contributed by atoms with Gasteiger partial charge in [0.05, 0.1) is 0 Å². The minimum Gasteiger partial charge on any atom is -0.477 e. The van der Waals surface area contributed by atoms with E-state index in [9.17, 15) is 33.9 Å². The molecule has 0 bridgehead atoms. The molecule has 0 aromatic heterocycles. The molecule has 240 valence electrons. The Labute approximate surface area is 278 Å². The van der Waals surface area contributed by atoms with Crippen LogP contribution in [0.15, 0.2) is 96.2 Å². The molecule has 3 aromatic rings. The number of carboxylic acid groups (broad SMARTS) is 1. The van der Waals surface area contributed by atoms with E-state index >= 15 is 0 Å². The number of carbonyl (C=O) groups excluding carboxylic acids is 5. The number of hydrogen-bond acceptors (Lipinski definition) is 8. The minimum atomic E-state index is -1.35. The number of allylic oxidation sites excluding steroid dienone is 1. The van der Waals surface area contributed by atoms with Crippen LogP contribution < -0.4 is 10.6 Å². The first-order valence-electron chi connectivity index (χ1n) is 14.3. The summed E-state index contributed by atoms with van der Waals surface area (Å²) in [6, 6.07) is 19.1. The van der Waals surface area contributed by atoms with Gasteiger partial charge >= 0.3 is 11.9 Å². The Morgan fingerprint density at radius 2 is 1.66 bits per heavy atom. The van der Waals surface area contributed by atoms with Crippen LogP contribution in [0.1, 0.15) is 44.8 Å². The molecule has 0 saturated carbocycles. The second kappa shape index (κ2) is 14.5. The molecule has 13 heteroatoms. The summed E-state index contributed by atoms with van der Waals surface area (Å²) >= 11 is 7.12. The smallest absolute Gasteiger partial charge is 0.352 e. The summed E-state index contributed by atoms with van der Waals surface area (Å²) in [6.45, 7) is 0.927. The highest BCUT2D eigenvalue weighted by atomic mass is 35.5. The zero-order valence-electron chi connectivity index (χ0n) is 24.8. The molecule has 2 aliphatic heterocycles. The van der Waals surface area contributed by atoms with Crippen LogP contribution in [0.5, 0.6) is 0 Å². The summed E-state index contributed by atoms with van der Waals surface area (Å²) in [5.41, 5.74) is 1.79. The molecular formula is C34H28ClN3O8S. The lowest BCUT2D eigenvalue weighted by Gasteiger charge is -2.49. The number of benzene rings is 3. The molecule has 2 heterocycles. The maximum atomic E-state index is 13.6. The Morgan fingerprint density at radius 3 is 2.30 bits per heavy atom. The molecule has 3 aromatic carbocycles. The fourth-order valence-corrected chi connectivity index (χ4v) is 6.46. The molecule has 1 saturated heterocycles. The Hall–Kier alpha value is -5.20. The van der Waals surface area contributed by atoms with E-state index in [1.54, 1.807) is 60.7 Å². The van der Waals surface area contributed by atoms with Crippen molar-refractivity contribution in [1.82, 2.24) is 15.5 Å². The average molecular weight is 674 g/mol. The maximum absolute atomic E-state index is 13.6. The first-order valence-corrected chi connectivity index (χ1v) is 15.7. The molecular weight excluding hydrogens is 646 g/mol. The van der Waals surface area contributed by atoms with Crippen molar-refractivity contribution < 1.29 is 38.6 Å². The van der Waals surface area contributed by atoms with Gasteiger partial charge < -0.3 is 20.5 Å². The van der Waals surface area contributed by atoms with Gasteiger partial charge in [-0.15, -0.1) is 11.8 Å². The molecule has 3 N–H and O–H groups in total. The lowest BCUT2D eigenvalue weighted by molar-refractivity contribution is -0.151. The van der Waals surface area contributed by atoms with Crippen LogP contribution in [0.2, 0.25) is 5.02 Å². The SMILES string of the molecule is CC(=O)OCC1=C(C(=O)O)N2C(=O)[C@@H](NC(=O)C(NC(=O)c3ccc(C(=O)C=Cc4ccc(Cl)cc4)cc3)c3ccccc3)[C@H]2SC1. The van der Waals surface area contributed by atoms with E-state index in [1.165, 1.54) is 49.0 Å². The number of carbonyl (C=O) groups is 6. The number of rotatable bonds is 11. The number of nitrogens with zero attached hydrogens (tertiary/aromatic N) is 1. The fourth-order valence-electron chi connectivity index (χ4n) is 5.01. The van der Waals surface area contributed by atoms with Gasteiger partial charge in [0.15, 0.2) is 5.78 Å². The van der Waals surface area contributed by atoms with E-state index < -0.39 is 47.1 Å². The number of ketones is 1. The Balaban J connectivity index is 1.27. The molecule has 11 nitrogen and oxygen atoms in total. The van der Waals surface area contributed by atoms with E-state index in [0.717, 1.165) is 10.5 Å². The third kappa shape index (κ3) is 7.62. The summed E-state index contributed by atoms with van der Waals surface area (Å²) in [7, 11) is 0. The second-order valence-electron chi connectivity index (χ2n) is 10.6. The minimum absolute atomic E-state index is 0.171. The largest absolute Gasteiger partial charge is 0.477 e. The summed E-state index contributed by atoms with van der Waals surface area (Å²) in [4.78, 5) is 77.0. The van der Waals surface area contributed by atoms with Crippen LogP contribution in [-0.4, -0.2) is 69.2 Å². The van der Waals surface area contributed by atoms with Crippen molar-refractivity contribution in [2.24, 2.45) is 0 Å². The predicted molar refractivity (Wildman–Crippen MR) is 174 cm³/mol. The number of ether oxygens (including phenoxy) is 1. The highest BCUT2D eigenvalue weighted by Gasteiger charge is 2.54. The number of hydrogen-bond donors (Lipinski definition) is 3. The molecule has 3 atom stereocenters. The van der Waals surface area contributed by atoms with Crippen LogP contribution in [0.4, 0.5) is 0 Å². The van der Waals surface area contributed by atoms with Crippen molar-refractivity contribution in [2.45, 2.75) is 24.4 Å². The van der Waals surface area contributed by atoms with Gasteiger partial charge in [-0.2, -0.15) is 0 Å². The van der Waals surface area contributed by atoms with Gasteiger partial charge in [0.25, 0.3) is 11.8 Å². The van der Waals surface area contributed by atoms with Gasteiger partial charge in [-0.1, -0.05) is 72.3 Å². The molecule has 47 heavy (non-hydrogen) atoms. The molecule has 0 spiro atoms. The summed E-state index contributed by atoms with van der Waals surface area (Å²) < 4.78 is 4.95. The van der Waals surface area contributed by atoms with Crippen molar-refractivity contribution in [2.75, 3.05) is 12.4 Å². The van der Waals surface area contributed by atoms with Crippen LogP contribution in [0, 0.1) is 0 Å². The predicted octanol–water partition coefficient (Wildman–Crippen LogP) is 4.01. The Kier molecular flexibility index (Phi) is 10.2. The van der Waals surface area contributed by atoms with E-state index in [2.05, 4.69) is 10.6 Å². The van der Waals surface area contributed by atoms with Crippen LogP contribution in [-0.2, 0) is 23.9 Å². The number of halogens is 1. The van der Waals surface area contributed by atoms with Crippen molar-refractivity contribution in [3.63, 3.8) is 0 Å². The maximum Gasteiger partial charge on any atom is 0.352 e. The van der Waals surface area contributed by atoms with Crippen molar-refractivity contribution in [1.29, 1.82) is 0 Å². The number of nitrogens with one attached hydrogen (secondary N) is 2. The number of β-lactam (4-membered cyclic amide) rings is 1. The lowest BCUT2D eigenvalue weighted by atomic mass is 10.0. The molecule has 0 aliphatic carbocycles.